The molecule has 1 aromatic carbocycles. The molecule has 1 aromatic heterocycles. The van der Waals surface area contributed by atoms with E-state index in [1.165, 1.54) is 31.0 Å². The van der Waals surface area contributed by atoms with Crippen molar-refractivity contribution in [2.45, 2.75) is 25.9 Å². The number of aliphatic imine (C=N–C) groups is 1. The van der Waals surface area contributed by atoms with Gasteiger partial charge < -0.3 is 9.64 Å². The van der Waals surface area contributed by atoms with E-state index in [2.05, 4.69) is 14.9 Å². The molecule has 0 N–H and O–H groups in total. The molecule has 4 rings (SSSR count). The van der Waals surface area contributed by atoms with Crippen molar-refractivity contribution in [1.29, 1.82) is 0 Å². The maximum Gasteiger partial charge on any atom is 0.286 e. The highest BCUT2D eigenvalue weighted by atomic mass is 32.2. The van der Waals surface area contributed by atoms with Gasteiger partial charge in [0.25, 0.3) is 5.91 Å². The number of hydrogen-bond donors (Lipinski definition) is 0. The van der Waals surface area contributed by atoms with Gasteiger partial charge in [0.05, 0.1) is 16.1 Å². The molecule has 0 unspecified atom stereocenters. The maximum absolute atomic E-state index is 12.2. The number of amides is 1. The highest BCUT2D eigenvalue weighted by Crippen LogP contribution is 2.31. The summed E-state index contributed by atoms with van der Waals surface area (Å²) in [5.74, 6) is 0.648. The number of carbonyl (C=O) groups excluding carboxylic acids is 1. The van der Waals surface area contributed by atoms with Gasteiger partial charge in [0.15, 0.2) is 5.17 Å². The zero-order chi connectivity index (χ0) is 17.8. The lowest BCUT2D eigenvalue weighted by Gasteiger charge is -2.27. The van der Waals surface area contributed by atoms with Crippen LogP contribution in [0.2, 0.25) is 0 Å². The predicted octanol–water partition coefficient (Wildman–Crippen LogP) is 4.18. The number of thioether (sulfide) groups is 1. The number of nitrogens with zero attached hydrogens (tertiary/aromatic N) is 3. The Kier molecular flexibility index (Phi) is 5.36. The van der Waals surface area contributed by atoms with Gasteiger partial charge in [0.2, 0.25) is 0 Å². The Morgan fingerprint density at radius 3 is 2.69 bits per heavy atom. The second-order valence-electron chi connectivity index (χ2n) is 6.20. The minimum atomic E-state index is -0.139. The minimum Gasteiger partial charge on any atom is -0.487 e. The van der Waals surface area contributed by atoms with Crippen molar-refractivity contribution in [2.75, 3.05) is 13.1 Å². The van der Waals surface area contributed by atoms with Gasteiger partial charge in [-0.3, -0.25) is 4.79 Å². The highest BCUT2D eigenvalue weighted by Gasteiger charge is 2.26. The van der Waals surface area contributed by atoms with Gasteiger partial charge in [-0.1, -0.05) is 12.1 Å². The van der Waals surface area contributed by atoms with E-state index >= 15 is 0 Å². The summed E-state index contributed by atoms with van der Waals surface area (Å²) in [6.07, 6.45) is 5.52. The number of rotatable bonds is 4. The summed E-state index contributed by atoms with van der Waals surface area (Å²) in [7, 11) is 0. The third-order valence-electron chi connectivity index (χ3n) is 4.28. The molecular formula is C19H19N3O2S2. The predicted molar refractivity (Wildman–Crippen MR) is 106 cm³/mol. The SMILES string of the molecule is O=C1N=C(N2CCCCC2)S/C1=C\c1ccc(OCc2cscn2)cc1. The molecule has 2 aromatic rings. The van der Waals surface area contributed by atoms with Crippen LogP contribution < -0.4 is 4.74 Å². The first-order chi connectivity index (χ1) is 12.8. The Morgan fingerprint density at radius 2 is 1.96 bits per heavy atom. The van der Waals surface area contributed by atoms with Crippen LogP contribution in [0.1, 0.15) is 30.5 Å². The highest BCUT2D eigenvalue weighted by molar-refractivity contribution is 8.18. The number of benzene rings is 1. The van der Waals surface area contributed by atoms with Gasteiger partial charge in [0.1, 0.15) is 12.4 Å². The third-order valence-corrected chi connectivity index (χ3v) is 5.96. The van der Waals surface area contributed by atoms with E-state index in [0.29, 0.717) is 11.5 Å². The number of ether oxygens (including phenoxy) is 1. The fourth-order valence-electron chi connectivity index (χ4n) is 2.90. The first kappa shape index (κ1) is 17.3. The number of piperidine rings is 1. The van der Waals surface area contributed by atoms with Crippen LogP contribution in [0.25, 0.3) is 6.08 Å². The Balaban J connectivity index is 1.38. The van der Waals surface area contributed by atoms with Crippen LogP contribution in [0, 0.1) is 0 Å². The summed E-state index contributed by atoms with van der Waals surface area (Å²) in [4.78, 5) is 23.5. The van der Waals surface area contributed by atoms with Gasteiger partial charge in [-0.05, 0) is 54.8 Å². The zero-order valence-corrected chi connectivity index (χ0v) is 15.9. The quantitative estimate of drug-likeness (QED) is 0.739. The van der Waals surface area contributed by atoms with E-state index in [0.717, 1.165) is 35.3 Å². The van der Waals surface area contributed by atoms with Crippen LogP contribution in [0.5, 0.6) is 5.75 Å². The van der Waals surface area contributed by atoms with Gasteiger partial charge in [-0.15, -0.1) is 11.3 Å². The molecule has 1 fully saturated rings. The summed E-state index contributed by atoms with van der Waals surface area (Å²) in [5.41, 5.74) is 3.69. The second-order valence-corrected chi connectivity index (χ2v) is 7.92. The number of thiazole rings is 1. The lowest BCUT2D eigenvalue weighted by atomic mass is 10.1. The van der Waals surface area contributed by atoms with Crippen LogP contribution >= 0.6 is 23.1 Å². The lowest BCUT2D eigenvalue weighted by Crippen LogP contribution is -2.33. The average molecular weight is 386 g/mol. The Labute approximate surface area is 160 Å². The summed E-state index contributed by atoms with van der Waals surface area (Å²) in [6.45, 7) is 2.46. The van der Waals surface area contributed by atoms with Crippen LogP contribution in [-0.2, 0) is 11.4 Å². The third kappa shape index (κ3) is 4.16. The van der Waals surface area contributed by atoms with Gasteiger partial charge in [-0.25, -0.2) is 4.98 Å². The monoisotopic (exact) mass is 385 g/mol. The van der Waals surface area contributed by atoms with Crippen molar-refractivity contribution in [1.82, 2.24) is 9.88 Å². The summed E-state index contributed by atoms with van der Waals surface area (Å²) < 4.78 is 5.71. The number of amidine groups is 1. The van der Waals surface area contributed by atoms with E-state index in [4.69, 9.17) is 4.74 Å². The van der Waals surface area contributed by atoms with E-state index in [-0.39, 0.29) is 5.91 Å². The largest absolute Gasteiger partial charge is 0.487 e. The van der Waals surface area contributed by atoms with Crippen molar-refractivity contribution in [3.05, 3.63) is 51.3 Å². The number of aromatic nitrogens is 1. The number of likely N-dealkylation sites (tertiary alicyclic amines) is 1. The van der Waals surface area contributed by atoms with E-state index in [9.17, 15) is 4.79 Å². The maximum atomic E-state index is 12.2. The molecule has 0 aliphatic carbocycles. The van der Waals surface area contributed by atoms with E-state index in [1.807, 2.05) is 35.7 Å². The zero-order valence-electron chi connectivity index (χ0n) is 14.3. The molecule has 2 aliphatic heterocycles. The van der Waals surface area contributed by atoms with Gasteiger partial charge in [-0.2, -0.15) is 4.99 Å². The molecule has 2 aliphatic rings. The summed E-state index contributed by atoms with van der Waals surface area (Å²) in [6, 6.07) is 7.73. The molecule has 0 bridgehead atoms. The number of hydrogen-bond acceptors (Lipinski definition) is 6. The first-order valence-corrected chi connectivity index (χ1v) is 10.4. The van der Waals surface area contributed by atoms with Crippen molar-refractivity contribution < 1.29 is 9.53 Å². The van der Waals surface area contributed by atoms with Crippen LogP contribution in [0.15, 0.2) is 45.1 Å². The molecule has 0 spiro atoms. The topological polar surface area (TPSA) is 54.8 Å². The molecule has 5 nitrogen and oxygen atoms in total. The molecule has 0 radical (unpaired) electrons. The van der Waals surface area contributed by atoms with Crippen LogP contribution in [0.4, 0.5) is 0 Å². The van der Waals surface area contributed by atoms with E-state index in [1.54, 1.807) is 16.8 Å². The standard InChI is InChI=1S/C19H19N3O2S2/c23-18-17(26-19(21-18)22-8-2-1-3-9-22)10-14-4-6-16(7-5-14)24-11-15-12-25-13-20-15/h4-7,10,12-13H,1-3,8-9,11H2/b17-10-. The molecule has 1 saturated heterocycles. The Morgan fingerprint density at radius 1 is 1.15 bits per heavy atom. The molecular weight excluding hydrogens is 366 g/mol. The molecule has 0 saturated carbocycles. The van der Waals surface area contributed by atoms with Gasteiger partial charge >= 0.3 is 0 Å². The Bertz CT molecular complexity index is 823. The Hall–Kier alpha value is -2.12. The van der Waals surface area contributed by atoms with E-state index < -0.39 is 0 Å². The van der Waals surface area contributed by atoms with Crippen molar-refractivity contribution in [3.8, 4) is 5.75 Å². The smallest absolute Gasteiger partial charge is 0.286 e. The van der Waals surface area contributed by atoms with Crippen molar-refractivity contribution >= 4 is 40.2 Å². The van der Waals surface area contributed by atoms with Crippen molar-refractivity contribution in [3.63, 3.8) is 0 Å². The second kappa shape index (κ2) is 8.05. The molecule has 1 amide bonds. The fourth-order valence-corrected chi connectivity index (χ4v) is 4.40. The normalized spacial score (nSPS) is 19.1. The minimum absolute atomic E-state index is 0.139. The molecule has 0 atom stereocenters. The number of carbonyl (C=O) groups is 1. The summed E-state index contributed by atoms with van der Waals surface area (Å²) >= 11 is 3.04. The first-order valence-electron chi connectivity index (χ1n) is 8.65. The lowest BCUT2D eigenvalue weighted by molar-refractivity contribution is -0.113. The summed E-state index contributed by atoms with van der Waals surface area (Å²) in [5, 5.41) is 2.82. The molecule has 3 heterocycles. The van der Waals surface area contributed by atoms with Gasteiger partial charge in [0, 0.05) is 18.5 Å². The molecule has 134 valence electrons. The fraction of sp³-hybridized carbons (Fsp3) is 0.316. The van der Waals surface area contributed by atoms with Crippen LogP contribution in [0.3, 0.4) is 0 Å². The van der Waals surface area contributed by atoms with Crippen LogP contribution in [-0.4, -0.2) is 34.0 Å². The molecule has 26 heavy (non-hydrogen) atoms. The average Bonchev–Trinajstić information content (AvgIpc) is 3.32. The molecule has 7 heteroatoms. The van der Waals surface area contributed by atoms with Crippen molar-refractivity contribution in [2.24, 2.45) is 4.99 Å².